The molecule has 0 radical (unpaired) electrons. The zero-order chi connectivity index (χ0) is 28.7. The van der Waals surface area contributed by atoms with E-state index in [4.69, 9.17) is 23.7 Å². The minimum Gasteiger partial charge on any atom is -0.493 e. The molecule has 13 heteroatoms. The number of amides is 2. The number of methoxy groups -OCH3 is 2. The molecule has 4 saturated heterocycles. The minimum absolute atomic E-state index is 0.133. The zero-order valence-electron chi connectivity index (χ0n) is 22.1. The summed E-state index contributed by atoms with van der Waals surface area (Å²) < 4.78 is 28.7. The normalized spacial score (nSPS) is 31.3. The molecule has 8 rings (SSSR count). The van der Waals surface area contributed by atoms with Gasteiger partial charge in [-0.2, -0.15) is 0 Å². The van der Waals surface area contributed by atoms with Crippen LogP contribution in [0.3, 0.4) is 0 Å². The fraction of sp³-hybridized carbons (Fsp3) is 0.321. The van der Waals surface area contributed by atoms with Gasteiger partial charge in [0, 0.05) is 19.0 Å². The summed E-state index contributed by atoms with van der Waals surface area (Å²) in [7, 11) is 6.93. The van der Waals surface area contributed by atoms with Crippen molar-refractivity contribution in [3.63, 3.8) is 0 Å². The first-order valence-electron chi connectivity index (χ1n) is 12.7. The first kappa shape index (κ1) is 26.1. The van der Waals surface area contributed by atoms with Crippen LogP contribution in [0, 0.1) is 0 Å². The van der Waals surface area contributed by atoms with Gasteiger partial charge in [-0.1, -0.05) is 16.9 Å². The van der Waals surface area contributed by atoms with E-state index in [1.165, 1.54) is 65.5 Å². The molecule has 2 aromatic rings. The molecule has 2 aromatic carbocycles. The maximum absolute atomic E-state index is 14.6. The highest BCUT2D eigenvalue weighted by Crippen LogP contribution is 2.65. The lowest BCUT2D eigenvalue weighted by Crippen LogP contribution is -2.78. The standard InChI is InChI=1S/C28H24N2O9S2/c1-29-26(34)28-23(31)16-13-37-9-8-19-22(16)30(28)25(33)27(29,40-41-28)12-14-4-6-17(35-2)20(10-14)38-21-11-15(24(32)39-19)5-7-18(21)36-3/h4-11,13,19,22-23,31H,12H2,1-3H3/t19-,22-,23+,27+,28+/m0/s1. The third kappa shape index (κ3) is 3.42. The molecular weight excluding hydrogens is 572 g/mol. The SMILES string of the molecule is COc1ccc2cc1Oc1cc(ccc1OC)C(=O)O[C@H]1C=COC=C3[C@@H](O)[C@]45SS[C@](C2)(C(=O)N4[C@@H]31)N(C)C5=O. The van der Waals surface area contributed by atoms with Crippen molar-refractivity contribution >= 4 is 39.4 Å². The molecule has 41 heavy (non-hydrogen) atoms. The molecule has 0 unspecified atom stereocenters. The number of hydrogen-bond acceptors (Lipinski definition) is 11. The molecule has 0 saturated carbocycles. The Morgan fingerprint density at radius 2 is 1.73 bits per heavy atom. The Hall–Kier alpha value is -3.81. The van der Waals surface area contributed by atoms with Gasteiger partial charge in [0.05, 0.1) is 32.3 Å². The number of nitrogens with zero attached hydrogens (tertiary/aromatic N) is 2. The summed E-state index contributed by atoms with van der Waals surface area (Å²) >= 11 is 0. The Morgan fingerprint density at radius 3 is 2.49 bits per heavy atom. The van der Waals surface area contributed by atoms with Crippen LogP contribution < -0.4 is 14.2 Å². The third-order valence-corrected chi connectivity index (χ3v) is 11.7. The van der Waals surface area contributed by atoms with Gasteiger partial charge in [0.1, 0.15) is 18.2 Å². The average molecular weight is 597 g/mol. The number of fused-ring (bicyclic) bond motifs is 6. The predicted octanol–water partition coefficient (Wildman–Crippen LogP) is 2.84. The van der Waals surface area contributed by atoms with Gasteiger partial charge in [-0.15, -0.1) is 0 Å². The summed E-state index contributed by atoms with van der Waals surface area (Å²) in [6.07, 6.45) is 1.83. The van der Waals surface area contributed by atoms with Crippen LogP contribution in [-0.2, 0) is 25.5 Å². The number of esters is 1. The number of aliphatic hydroxyl groups excluding tert-OH is 1. The molecule has 0 aromatic heterocycles. The minimum atomic E-state index is -1.65. The lowest BCUT2D eigenvalue weighted by atomic mass is 9.96. The summed E-state index contributed by atoms with van der Waals surface area (Å²) in [5, 5.41) is 11.6. The van der Waals surface area contributed by atoms with E-state index in [9.17, 15) is 19.5 Å². The Balaban J connectivity index is 1.46. The van der Waals surface area contributed by atoms with Crippen LogP contribution >= 0.6 is 21.6 Å². The highest BCUT2D eigenvalue weighted by molar-refractivity contribution is 8.78. The van der Waals surface area contributed by atoms with Gasteiger partial charge in [-0.05, 0) is 52.8 Å². The second-order valence-electron chi connectivity index (χ2n) is 10.1. The largest absolute Gasteiger partial charge is 0.493 e. The van der Waals surface area contributed by atoms with Crippen LogP contribution in [0.25, 0.3) is 0 Å². The number of carbonyl (C=O) groups is 3. The number of carbonyl (C=O) groups excluding carboxylic acids is 3. The van der Waals surface area contributed by atoms with E-state index in [0.717, 1.165) is 10.8 Å². The van der Waals surface area contributed by atoms with Crippen LogP contribution in [0.5, 0.6) is 23.0 Å². The van der Waals surface area contributed by atoms with E-state index in [-0.39, 0.29) is 29.2 Å². The molecule has 5 atom stereocenters. The van der Waals surface area contributed by atoms with Gasteiger partial charge in [0.15, 0.2) is 27.9 Å². The molecule has 11 nitrogen and oxygen atoms in total. The Bertz CT molecular complexity index is 1580. The maximum Gasteiger partial charge on any atom is 0.338 e. The van der Waals surface area contributed by atoms with Crippen molar-refractivity contribution in [2.24, 2.45) is 0 Å². The molecule has 212 valence electrons. The molecule has 6 aliphatic rings. The number of hydrogen-bond donors (Lipinski definition) is 1. The smallest absolute Gasteiger partial charge is 0.338 e. The fourth-order valence-corrected chi connectivity index (χ4v) is 9.79. The summed E-state index contributed by atoms with van der Waals surface area (Å²) in [5.41, 5.74) is 1.13. The fourth-order valence-electron chi connectivity index (χ4n) is 5.98. The van der Waals surface area contributed by atoms with Gasteiger partial charge in [-0.3, -0.25) is 9.59 Å². The van der Waals surface area contributed by atoms with Crippen molar-refractivity contribution in [3.8, 4) is 23.0 Å². The van der Waals surface area contributed by atoms with E-state index >= 15 is 0 Å². The molecule has 4 fully saturated rings. The van der Waals surface area contributed by atoms with Crippen LogP contribution in [0.15, 0.2) is 60.6 Å². The van der Waals surface area contributed by atoms with Crippen molar-refractivity contribution in [1.29, 1.82) is 0 Å². The average Bonchev–Trinajstić information content (AvgIpc) is 3.07. The first-order chi connectivity index (χ1) is 19.7. The molecular formula is C28H24N2O9S2. The van der Waals surface area contributed by atoms with E-state index in [1.54, 1.807) is 31.3 Å². The first-order valence-corrected chi connectivity index (χ1v) is 14.8. The summed E-state index contributed by atoms with van der Waals surface area (Å²) in [6.45, 7) is 0. The Morgan fingerprint density at radius 1 is 1.00 bits per heavy atom. The van der Waals surface area contributed by atoms with E-state index in [0.29, 0.717) is 22.8 Å². The number of piperazine rings is 1. The van der Waals surface area contributed by atoms with Crippen molar-refractivity contribution in [2.45, 2.75) is 34.4 Å². The van der Waals surface area contributed by atoms with Crippen LogP contribution in [0.2, 0.25) is 0 Å². The lowest BCUT2D eigenvalue weighted by molar-refractivity contribution is -0.169. The van der Waals surface area contributed by atoms with Gasteiger partial charge in [0.2, 0.25) is 4.87 Å². The van der Waals surface area contributed by atoms with E-state index in [2.05, 4.69) is 0 Å². The topological polar surface area (TPSA) is 124 Å². The lowest BCUT2D eigenvalue weighted by Gasteiger charge is -2.59. The monoisotopic (exact) mass is 596 g/mol. The van der Waals surface area contributed by atoms with Gasteiger partial charge < -0.3 is 38.6 Å². The number of ether oxygens (including phenoxy) is 5. The second kappa shape index (κ2) is 9.10. The van der Waals surface area contributed by atoms with Crippen LogP contribution in [0.1, 0.15) is 15.9 Å². The third-order valence-electron chi connectivity index (χ3n) is 8.07. The van der Waals surface area contributed by atoms with E-state index in [1.807, 2.05) is 0 Å². The highest BCUT2D eigenvalue weighted by atomic mass is 33.1. The second-order valence-corrected chi connectivity index (χ2v) is 12.7. The van der Waals surface area contributed by atoms with Crippen LogP contribution in [-0.4, -0.2) is 81.9 Å². The van der Waals surface area contributed by atoms with Crippen molar-refractivity contribution < 1.29 is 43.2 Å². The molecule has 6 aliphatic heterocycles. The van der Waals surface area contributed by atoms with Crippen LogP contribution in [0.4, 0.5) is 0 Å². The molecule has 1 N–H and O–H groups in total. The molecule has 2 amide bonds. The Labute approximate surface area is 242 Å². The summed E-state index contributed by atoms with van der Waals surface area (Å²) in [6, 6.07) is 8.91. The maximum atomic E-state index is 14.6. The molecule has 2 spiro atoms. The van der Waals surface area contributed by atoms with Crippen molar-refractivity contribution in [1.82, 2.24) is 9.80 Å². The van der Waals surface area contributed by atoms with Gasteiger partial charge >= 0.3 is 5.97 Å². The summed E-state index contributed by atoms with van der Waals surface area (Å²) in [5.74, 6) is -0.165. The number of aliphatic hydroxyl groups is 1. The molecule has 7 bridgehead atoms. The van der Waals surface area contributed by atoms with Crippen molar-refractivity contribution in [3.05, 3.63) is 71.7 Å². The molecule has 6 heterocycles. The van der Waals surface area contributed by atoms with Gasteiger partial charge in [-0.25, -0.2) is 4.79 Å². The predicted molar refractivity (Wildman–Crippen MR) is 147 cm³/mol. The van der Waals surface area contributed by atoms with Gasteiger partial charge in [0.25, 0.3) is 11.8 Å². The number of rotatable bonds is 2. The Kier molecular flexibility index (Phi) is 5.79. The number of likely N-dealkylation sites (N-methyl/N-ethyl adjacent to an activating group) is 1. The zero-order valence-corrected chi connectivity index (χ0v) is 23.7. The highest BCUT2D eigenvalue weighted by Gasteiger charge is 2.77. The molecule has 0 aliphatic carbocycles. The van der Waals surface area contributed by atoms with Crippen molar-refractivity contribution in [2.75, 3.05) is 21.3 Å². The van der Waals surface area contributed by atoms with E-state index < -0.39 is 39.9 Å². The number of benzene rings is 2. The quantitative estimate of drug-likeness (QED) is 0.407. The summed E-state index contributed by atoms with van der Waals surface area (Å²) in [4.78, 5) is 42.0.